The smallest absolute Gasteiger partial charge is 0.146 e. The third-order valence-electron chi connectivity index (χ3n) is 1.94. The Balaban J connectivity index is 2.74. The highest BCUT2D eigenvalue weighted by Crippen LogP contribution is 2.22. The monoisotopic (exact) mass is 225 g/mol. The number of nitrogens with one attached hydrogen (secondary N) is 1. The van der Waals surface area contributed by atoms with Crippen molar-refractivity contribution >= 4 is 17.4 Å². The van der Waals surface area contributed by atoms with Crippen molar-refractivity contribution in [3.63, 3.8) is 0 Å². The lowest BCUT2D eigenvalue weighted by atomic mass is 10.2. The summed E-state index contributed by atoms with van der Waals surface area (Å²) in [7, 11) is 0. The molecule has 5 heteroatoms. The minimum absolute atomic E-state index is 0.0998. The third-order valence-corrected chi connectivity index (χ3v) is 2.32. The number of rotatable bonds is 4. The molecule has 0 bridgehead atoms. The molecule has 0 aliphatic rings. The molecule has 0 radical (unpaired) electrons. The van der Waals surface area contributed by atoms with Crippen LogP contribution in [0.15, 0.2) is 12.3 Å². The summed E-state index contributed by atoms with van der Waals surface area (Å²) < 4.78 is 0. The lowest BCUT2D eigenvalue weighted by Gasteiger charge is -2.11. The van der Waals surface area contributed by atoms with Gasteiger partial charge in [0.25, 0.3) is 0 Å². The first kappa shape index (κ1) is 11.8. The Hall–Kier alpha value is -1.31. The van der Waals surface area contributed by atoms with Crippen LogP contribution in [0.5, 0.6) is 0 Å². The SMILES string of the molecule is CC(CO)CNc1nccc(C#N)c1Cl. The molecule has 0 aliphatic carbocycles. The van der Waals surface area contributed by atoms with E-state index in [1.807, 2.05) is 13.0 Å². The Kier molecular flexibility index (Phi) is 4.35. The fraction of sp³-hybridized carbons (Fsp3) is 0.400. The summed E-state index contributed by atoms with van der Waals surface area (Å²) in [4.78, 5) is 4.02. The number of anilines is 1. The van der Waals surface area contributed by atoms with Gasteiger partial charge in [-0.15, -0.1) is 0 Å². The Morgan fingerprint density at radius 1 is 1.73 bits per heavy atom. The highest BCUT2D eigenvalue weighted by atomic mass is 35.5. The average Bonchev–Trinajstić information content (AvgIpc) is 2.27. The van der Waals surface area contributed by atoms with Gasteiger partial charge in [0.1, 0.15) is 16.9 Å². The van der Waals surface area contributed by atoms with Gasteiger partial charge in [0.2, 0.25) is 0 Å². The van der Waals surface area contributed by atoms with E-state index in [0.717, 1.165) is 0 Å². The molecule has 1 heterocycles. The molecule has 1 aromatic rings. The predicted molar refractivity (Wildman–Crippen MR) is 58.7 cm³/mol. The lowest BCUT2D eigenvalue weighted by Crippen LogP contribution is -2.15. The van der Waals surface area contributed by atoms with Gasteiger partial charge in [-0.2, -0.15) is 5.26 Å². The zero-order valence-corrected chi connectivity index (χ0v) is 9.12. The fourth-order valence-electron chi connectivity index (χ4n) is 0.989. The molecular formula is C10H12ClN3O. The van der Waals surface area contributed by atoms with Crippen LogP contribution >= 0.6 is 11.6 Å². The molecule has 1 unspecified atom stereocenters. The van der Waals surface area contributed by atoms with Gasteiger partial charge in [-0.1, -0.05) is 18.5 Å². The molecule has 15 heavy (non-hydrogen) atoms. The summed E-state index contributed by atoms with van der Waals surface area (Å²) in [5.74, 6) is 0.602. The Morgan fingerprint density at radius 2 is 2.47 bits per heavy atom. The second-order valence-electron chi connectivity index (χ2n) is 3.30. The molecule has 0 spiro atoms. The van der Waals surface area contributed by atoms with Crippen LogP contribution in [-0.2, 0) is 0 Å². The van der Waals surface area contributed by atoms with Crippen LogP contribution in [0.1, 0.15) is 12.5 Å². The molecule has 0 aromatic carbocycles. The van der Waals surface area contributed by atoms with Gasteiger partial charge in [-0.25, -0.2) is 4.98 Å². The summed E-state index contributed by atoms with van der Waals surface area (Å²) in [5, 5.41) is 20.9. The molecule has 0 amide bonds. The van der Waals surface area contributed by atoms with Gasteiger partial charge in [0.05, 0.1) is 5.56 Å². The summed E-state index contributed by atoms with van der Waals surface area (Å²) in [6, 6.07) is 3.53. The van der Waals surface area contributed by atoms with E-state index < -0.39 is 0 Å². The molecule has 1 aromatic heterocycles. The Morgan fingerprint density at radius 3 is 3.07 bits per heavy atom. The molecule has 0 aliphatic heterocycles. The van der Waals surface area contributed by atoms with E-state index in [1.54, 1.807) is 6.07 Å². The minimum atomic E-state index is 0.0998. The van der Waals surface area contributed by atoms with E-state index in [2.05, 4.69) is 10.3 Å². The maximum absolute atomic E-state index is 8.84. The first-order valence-electron chi connectivity index (χ1n) is 4.58. The lowest BCUT2D eigenvalue weighted by molar-refractivity contribution is 0.244. The maximum Gasteiger partial charge on any atom is 0.146 e. The second-order valence-corrected chi connectivity index (χ2v) is 3.68. The first-order chi connectivity index (χ1) is 7.19. The van der Waals surface area contributed by atoms with Gasteiger partial charge in [-0.05, 0) is 12.0 Å². The van der Waals surface area contributed by atoms with E-state index in [4.69, 9.17) is 22.0 Å². The number of halogens is 1. The van der Waals surface area contributed by atoms with Crippen molar-refractivity contribution in [3.8, 4) is 6.07 Å². The number of pyridine rings is 1. The number of hydrogen-bond donors (Lipinski definition) is 2. The maximum atomic E-state index is 8.84. The van der Waals surface area contributed by atoms with Gasteiger partial charge < -0.3 is 10.4 Å². The van der Waals surface area contributed by atoms with E-state index >= 15 is 0 Å². The van der Waals surface area contributed by atoms with Gasteiger partial charge in [0, 0.05) is 19.3 Å². The molecule has 80 valence electrons. The van der Waals surface area contributed by atoms with Crippen LogP contribution in [0.4, 0.5) is 5.82 Å². The molecule has 0 saturated heterocycles. The van der Waals surface area contributed by atoms with Crippen molar-refractivity contribution in [1.82, 2.24) is 4.98 Å². The largest absolute Gasteiger partial charge is 0.396 e. The quantitative estimate of drug-likeness (QED) is 0.818. The number of nitriles is 1. The number of hydrogen-bond acceptors (Lipinski definition) is 4. The molecule has 0 saturated carbocycles. The standard InChI is InChI=1S/C10H12ClN3O/c1-7(6-15)5-14-10-9(11)8(4-12)2-3-13-10/h2-3,7,15H,5-6H2,1H3,(H,13,14). The highest BCUT2D eigenvalue weighted by molar-refractivity contribution is 6.34. The van der Waals surface area contributed by atoms with Crippen molar-refractivity contribution in [2.24, 2.45) is 5.92 Å². The van der Waals surface area contributed by atoms with Crippen LogP contribution in [0.2, 0.25) is 5.02 Å². The Bertz CT molecular complexity index is 375. The topological polar surface area (TPSA) is 68.9 Å². The highest BCUT2D eigenvalue weighted by Gasteiger charge is 2.07. The minimum Gasteiger partial charge on any atom is -0.396 e. The molecule has 2 N–H and O–H groups in total. The summed E-state index contributed by atoms with van der Waals surface area (Å²) >= 11 is 5.93. The number of aromatic nitrogens is 1. The van der Waals surface area contributed by atoms with Gasteiger partial charge >= 0.3 is 0 Å². The van der Waals surface area contributed by atoms with E-state index in [-0.39, 0.29) is 12.5 Å². The van der Waals surface area contributed by atoms with Gasteiger partial charge in [0.15, 0.2) is 0 Å². The average molecular weight is 226 g/mol. The van der Waals surface area contributed by atoms with Crippen LogP contribution in [-0.4, -0.2) is 23.2 Å². The summed E-state index contributed by atoms with van der Waals surface area (Å²) in [6.07, 6.45) is 1.52. The molecular weight excluding hydrogens is 214 g/mol. The zero-order chi connectivity index (χ0) is 11.3. The zero-order valence-electron chi connectivity index (χ0n) is 8.37. The molecule has 4 nitrogen and oxygen atoms in total. The van der Waals surface area contributed by atoms with Crippen LogP contribution < -0.4 is 5.32 Å². The number of aliphatic hydroxyl groups excluding tert-OH is 1. The van der Waals surface area contributed by atoms with E-state index in [1.165, 1.54) is 6.20 Å². The van der Waals surface area contributed by atoms with Crippen molar-refractivity contribution in [3.05, 3.63) is 22.8 Å². The predicted octanol–water partition coefficient (Wildman–Crippen LogP) is 1.65. The van der Waals surface area contributed by atoms with E-state index in [9.17, 15) is 0 Å². The number of nitrogens with zero attached hydrogens (tertiary/aromatic N) is 2. The molecule has 1 atom stereocenters. The summed E-state index contributed by atoms with van der Waals surface area (Å²) in [6.45, 7) is 2.57. The van der Waals surface area contributed by atoms with E-state index in [0.29, 0.717) is 22.9 Å². The molecule has 1 rings (SSSR count). The first-order valence-corrected chi connectivity index (χ1v) is 4.96. The van der Waals surface area contributed by atoms with Crippen molar-refractivity contribution in [2.45, 2.75) is 6.92 Å². The normalized spacial score (nSPS) is 11.9. The van der Waals surface area contributed by atoms with Crippen LogP contribution in [0.25, 0.3) is 0 Å². The van der Waals surface area contributed by atoms with Crippen LogP contribution in [0.3, 0.4) is 0 Å². The Labute approximate surface area is 93.5 Å². The van der Waals surface area contributed by atoms with Crippen LogP contribution in [0, 0.1) is 17.2 Å². The van der Waals surface area contributed by atoms with Crippen molar-refractivity contribution in [2.75, 3.05) is 18.5 Å². The van der Waals surface area contributed by atoms with Crippen molar-refractivity contribution < 1.29 is 5.11 Å². The summed E-state index contributed by atoms with van der Waals surface area (Å²) in [5.41, 5.74) is 0.394. The third kappa shape index (κ3) is 3.08. The molecule has 0 fully saturated rings. The second kappa shape index (κ2) is 5.54. The number of aliphatic hydroxyl groups is 1. The fourth-order valence-corrected chi connectivity index (χ4v) is 1.21. The van der Waals surface area contributed by atoms with Crippen molar-refractivity contribution in [1.29, 1.82) is 5.26 Å². The van der Waals surface area contributed by atoms with Gasteiger partial charge in [-0.3, -0.25) is 0 Å².